The van der Waals surface area contributed by atoms with Crippen molar-refractivity contribution in [2.24, 2.45) is 0 Å². The first-order valence-electron chi connectivity index (χ1n) is 13.3. The average Bonchev–Trinajstić information content (AvgIpc) is 3.00. The van der Waals surface area contributed by atoms with E-state index in [2.05, 4.69) is 0 Å². The normalized spacial score (nSPS) is 12.9. The van der Waals surface area contributed by atoms with Crippen LogP contribution in [0.25, 0.3) is 11.1 Å². The fourth-order valence-corrected chi connectivity index (χ4v) is 16.8. The average molecular weight is 733 g/mol. The monoisotopic (exact) mass is 732 g/mol. The first-order valence-corrected chi connectivity index (χ1v) is 21.0. The molecule has 0 atom stereocenters. The summed E-state index contributed by atoms with van der Waals surface area (Å²) in [6, 6.07) is 30.2. The highest BCUT2D eigenvalue weighted by molar-refractivity contribution is 7.92. The van der Waals surface area contributed by atoms with Gasteiger partial charge in [-0.25, -0.2) is 0 Å². The lowest BCUT2D eigenvalue weighted by Gasteiger charge is -2.38. The second kappa shape index (κ2) is 12.2. The van der Waals surface area contributed by atoms with Crippen molar-refractivity contribution in [2.75, 3.05) is 0 Å². The van der Waals surface area contributed by atoms with E-state index in [-0.39, 0.29) is 21.1 Å². The van der Waals surface area contributed by atoms with Crippen molar-refractivity contribution < 1.29 is 51.9 Å². The van der Waals surface area contributed by atoms with E-state index in [1.165, 1.54) is 30.3 Å². The van der Waals surface area contributed by atoms with Gasteiger partial charge in [0.05, 0.1) is 0 Å². The van der Waals surface area contributed by atoms with E-state index < -0.39 is 78.9 Å². The van der Waals surface area contributed by atoms with Gasteiger partial charge in [0, 0.05) is 5.56 Å². The molecule has 5 aromatic carbocycles. The van der Waals surface area contributed by atoms with E-state index in [0.717, 1.165) is 0 Å². The summed E-state index contributed by atoms with van der Waals surface area (Å²) >= 11 is 0. The van der Waals surface area contributed by atoms with Crippen LogP contribution in [0.4, 0.5) is 0 Å². The lowest BCUT2D eigenvalue weighted by Crippen LogP contribution is -2.76. The number of rotatable bonds is 9. The van der Waals surface area contributed by atoms with Gasteiger partial charge in [-0.2, -0.15) is 33.7 Å². The summed E-state index contributed by atoms with van der Waals surface area (Å²) in [4.78, 5) is -7.78. The molecule has 0 amide bonds. The van der Waals surface area contributed by atoms with Gasteiger partial charge in [0.2, 0.25) is 0 Å². The maximum Gasteiger partial charge on any atom is 0.297 e. The Bertz CT molecular complexity index is 2330. The zero-order valence-corrected chi connectivity index (χ0v) is 28.0. The van der Waals surface area contributed by atoms with Crippen molar-refractivity contribution >= 4 is 69.3 Å². The van der Waals surface area contributed by atoms with Crippen molar-refractivity contribution in [1.29, 1.82) is 0 Å². The van der Waals surface area contributed by atoms with Crippen molar-refractivity contribution in [1.82, 2.24) is 0 Å². The third kappa shape index (κ3) is 6.20. The Hall–Kier alpha value is -4.04. The molecule has 0 radical (unpaired) electrons. The largest absolute Gasteiger partial charge is 0.297 e. The van der Waals surface area contributed by atoms with Gasteiger partial charge >= 0.3 is 0 Å². The smallest absolute Gasteiger partial charge is 0.282 e. The van der Waals surface area contributed by atoms with Gasteiger partial charge in [-0.1, -0.05) is 121 Å². The van der Waals surface area contributed by atoms with Crippen LogP contribution in [0.1, 0.15) is 0 Å². The summed E-state index contributed by atoms with van der Waals surface area (Å²) in [6.07, 6.45) is 0. The quantitative estimate of drug-likeness (QED) is 0.0968. The van der Waals surface area contributed by atoms with Crippen LogP contribution >= 0.6 is 0 Å². The minimum atomic E-state index is -6.17. The summed E-state index contributed by atoms with van der Waals surface area (Å²) < 4.78 is 148. The lowest BCUT2D eigenvalue weighted by atomic mass is 10.1. The Morgan fingerprint density at radius 1 is 0.362 bits per heavy atom. The standard InChI is InChI=1S/C30H24O12S4Si/c31-43(32,33)26-25(21-13-5-1-6-14-21)30(29(46(40,41)42)28(45(37,38)39)27(26)44(34,35)36)47(22-15-7-2-8-16-22,23-17-9-3-10-18-23)24-19-11-4-12-20-24/h1-20H,(H,31,32,33)(H,34,35,36)(H,37,38,39)(H,40,41,42). The van der Waals surface area contributed by atoms with Crippen LogP contribution in [0.2, 0.25) is 0 Å². The van der Waals surface area contributed by atoms with Gasteiger partial charge in [-0.3, -0.25) is 18.2 Å². The SMILES string of the molecule is O=S(=O)(O)c1c(-c2ccccc2)c([Si](c2ccccc2)(c2ccccc2)c2ccccc2)c(S(=O)(=O)O)c(S(=O)(=O)O)c1S(=O)(=O)O. The van der Waals surface area contributed by atoms with Gasteiger partial charge in [0.15, 0.2) is 8.07 Å². The molecular formula is C30H24O12S4Si. The molecule has 244 valence electrons. The summed E-state index contributed by atoms with van der Waals surface area (Å²) in [5, 5.41) is 0.0902. The van der Waals surface area contributed by atoms with Crippen molar-refractivity contribution in [2.45, 2.75) is 19.6 Å². The van der Waals surface area contributed by atoms with Crippen LogP contribution < -0.4 is 20.7 Å². The van der Waals surface area contributed by atoms with Crippen LogP contribution in [0.3, 0.4) is 0 Å². The Morgan fingerprint density at radius 2 is 0.638 bits per heavy atom. The highest BCUT2D eigenvalue weighted by Crippen LogP contribution is 2.41. The minimum Gasteiger partial charge on any atom is -0.282 e. The third-order valence-corrected chi connectivity index (χ3v) is 16.5. The van der Waals surface area contributed by atoms with Crippen molar-refractivity contribution in [3.63, 3.8) is 0 Å². The van der Waals surface area contributed by atoms with E-state index in [0.29, 0.717) is 0 Å². The Morgan fingerprint density at radius 3 is 0.936 bits per heavy atom. The summed E-state index contributed by atoms with van der Waals surface area (Å²) in [6.45, 7) is 0. The van der Waals surface area contributed by atoms with Gasteiger partial charge in [-0.15, -0.1) is 0 Å². The molecule has 0 saturated carbocycles. The highest BCUT2D eigenvalue weighted by atomic mass is 32.2. The Labute approximate surface area is 272 Å². The summed E-state index contributed by atoms with van der Waals surface area (Å²) in [5.74, 6) is 0. The molecule has 0 aliphatic rings. The predicted molar refractivity (Wildman–Crippen MR) is 175 cm³/mol. The minimum absolute atomic E-state index is 0.258. The number of hydrogen-bond donors (Lipinski definition) is 4. The third-order valence-electron chi connectivity index (χ3n) is 7.41. The first kappa shape index (κ1) is 34.3. The molecule has 4 N–H and O–H groups in total. The Kier molecular flexibility index (Phi) is 8.90. The van der Waals surface area contributed by atoms with E-state index >= 15 is 0 Å². The van der Waals surface area contributed by atoms with Crippen LogP contribution in [0.15, 0.2) is 141 Å². The molecule has 0 fully saturated rings. The molecule has 5 rings (SSSR count). The molecule has 0 unspecified atom stereocenters. The van der Waals surface area contributed by atoms with Crippen molar-refractivity contribution in [3.05, 3.63) is 121 Å². The van der Waals surface area contributed by atoms with Crippen LogP contribution in [0, 0.1) is 0 Å². The van der Waals surface area contributed by atoms with E-state index in [1.54, 1.807) is 91.0 Å². The van der Waals surface area contributed by atoms with Crippen LogP contribution in [-0.4, -0.2) is 60.0 Å². The predicted octanol–water partition coefficient (Wildman–Crippen LogP) is 1.72. The summed E-state index contributed by atoms with van der Waals surface area (Å²) in [5.41, 5.74) is -1.12. The van der Waals surface area contributed by atoms with Crippen LogP contribution in [-0.2, 0) is 40.5 Å². The topological polar surface area (TPSA) is 217 Å². The molecule has 0 saturated heterocycles. The fraction of sp³-hybridized carbons (Fsp3) is 0. The zero-order chi connectivity index (χ0) is 34.4. The van der Waals surface area contributed by atoms with E-state index in [9.17, 15) is 51.9 Å². The molecular weight excluding hydrogens is 709 g/mol. The molecule has 0 aliphatic heterocycles. The molecule has 0 aliphatic carbocycles. The lowest BCUT2D eigenvalue weighted by molar-refractivity contribution is 0.448. The molecule has 17 heteroatoms. The second-order valence-corrected chi connectivity index (χ2v) is 19.3. The zero-order valence-electron chi connectivity index (χ0n) is 23.7. The van der Waals surface area contributed by atoms with E-state index in [4.69, 9.17) is 0 Å². The van der Waals surface area contributed by atoms with Gasteiger partial charge < -0.3 is 0 Å². The fourth-order valence-electron chi connectivity index (χ4n) is 5.86. The van der Waals surface area contributed by atoms with Gasteiger partial charge in [0.1, 0.15) is 19.6 Å². The van der Waals surface area contributed by atoms with Crippen LogP contribution in [0.5, 0.6) is 0 Å². The maximum atomic E-state index is 13.6. The molecule has 5 aromatic rings. The van der Waals surface area contributed by atoms with E-state index in [1.807, 2.05) is 0 Å². The van der Waals surface area contributed by atoms with Crippen molar-refractivity contribution in [3.8, 4) is 11.1 Å². The number of benzene rings is 5. The number of hydrogen-bond acceptors (Lipinski definition) is 8. The van der Waals surface area contributed by atoms with Gasteiger partial charge in [-0.05, 0) is 26.3 Å². The summed E-state index contributed by atoms with van der Waals surface area (Å²) in [7, 11) is -28.8. The highest BCUT2D eigenvalue weighted by Gasteiger charge is 2.52. The molecule has 0 heterocycles. The first-order chi connectivity index (χ1) is 21.9. The maximum absolute atomic E-state index is 13.6. The molecule has 0 bridgehead atoms. The Balaban J connectivity index is 2.40. The molecule has 12 nitrogen and oxygen atoms in total. The molecule has 0 aromatic heterocycles. The second-order valence-electron chi connectivity index (χ2n) is 10.2. The van der Waals surface area contributed by atoms with Gasteiger partial charge in [0.25, 0.3) is 40.5 Å². The molecule has 0 spiro atoms. The molecule has 47 heavy (non-hydrogen) atoms.